The summed E-state index contributed by atoms with van der Waals surface area (Å²) in [4.78, 5) is 18.7. The van der Waals surface area contributed by atoms with Gasteiger partial charge < -0.3 is 10.2 Å². The molecule has 0 saturated carbocycles. The quantitative estimate of drug-likeness (QED) is 0.740. The predicted octanol–water partition coefficient (Wildman–Crippen LogP) is 2.47. The van der Waals surface area contributed by atoms with E-state index in [0.29, 0.717) is 11.6 Å². The van der Waals surface area contributed by atoms with Gasteiger partial charge in [0.05, 0.1) is 17.3 Å². The van der Waals surface area contributed by atoms with Gasteiger partial charge in [0.15, 0.2) is 0 Å². The molecule has 1 aliphatic heterocycles. The predicted molar refractivity (Wildman–Crippen MR) is 107 cm³/mol. The molecule has 0 bridgehead atoms. The highest BCUT2D eigenvalue weighted by atomic mass is 16.1. The summed E-state index contributed by atoms with van der Waals surface area (Å²) in [7, 11) is 1.64. The second-order valence-electron chi connectivity index (χ2n) is 7.02. The van der Waals surface area contributed by atoms with Gasteiger partial charge in [-0.3, -0.25) is 4.79 Å². The fourth-order valence-corrected chi connectivity index (χ4v) is 3.68. The molecule has 144 valence electrons. The largest absolute Gasteiger partial charge is 0.356 e. The van der Waals surface area contributed by atoms with Crippen LogP contribution >= 0.6 is 0 Å². The standard InChI is InChI=1S/C21H24N6O/c1-22-21(28)19-8-5-11-23-20(19)26-12-9-18(10-13-26)27-15-17(24-25-27)14-16-6-3-2-4-7-16/h2-8,11,15,18H,9-10,12-14H2,1H3,(H,22,28). The van der Waals surface area contributed by atoms with Gasteiger partial charge in [-0.25, -0.2) is 9.67 Å². The van der Waals surface area contributed by atoms with Gasteiger partial charge in [0.25, 0.3) is 5.91 Å². The fourth-order valence-electron chi connectivity index (χ4n) is 3.68. The number of rotatable bonds is 5. The Hall–Kier alpha value is -3.22. The lowest BCUT2D eigenvalue weighted by Crippen LogP contribution is -2.37. The summed E-state index contributed by atoms with van der Waals surface area (Å²) >= 11 is 0. The van der Waals surface area contributed by atoms with Crippen molar-refractivity contribution >= 4 is 11.7 Å². The zero-order chi connectivity index (χ0) is 19.3. The molecule has 1 N–H and O–H groups in total. The van der Waals surface area contributed by atoms with Crippen LogP contribution in [0.2, 0.25) is 0 Å². The van der Waals surface area contributed by atoms with Crippen molar-refractivity contribution in [1.82, 2.24) is 25.3 Å². The first-order chi connectivity index (χ1) is 13.7. The van der Waals surface area contributed by atoms with Crippen LogP contribution in [0.15, 0.2) is 54.9 Å². The van der Waals surface area contributed by atoms with Gasteiger partial charge >= 0.3 is 0 Å². The zero-order valence-electron chi connectivity index (χ0n) is 16.0. The van der Waals surface area contributed by atoms with Gasteiger partial charge in [0.1, 0.15) is 5.82 Å². The van der Waals surface area contributed by atoms with E-state index in [1.807, 2.05) is 28.9 Å². The van der Waals surface area contributed by atoms with E-state index in [-0.39, 0.29) is 5.91 Å². The molecular weight excluding hydrogens is 352 g/mol. The Labute approximate surface area is 164 Å². The molecule has 3 aromatic rings. The third-order valence-electron chi connectivity index (χ3n) is 5.18. The van der Waals surface area contributed by atoms with E-state index in [2.05, 4.69) is 43.8 Å². The average molecular weight is 376 g/mol. The highest BCUT2D eigenvalue weighted by Crippen LogP contribution is 2.27. The van der Waals surface area contributed by atoms with Crippen molar-refractivity contribution in [3.05, 3.63) is 71.7 Å². The molecule has 7 heteroatoms. The number of anilines is 1. The summed E-state index contributed by atoms with van der Waals surface area (Å²) in [5, 5.41) is 11.4. The molecule has 3 heterocycles. The first kappa shape index (κ1) is 18.2. The molecule has 7 nitrogen and oxygen atoms in total. The number of nitrogens with zero attached hydrogens (tertiary/aromatic N) is 5. The van der Waals surface area contributed by atoms with E-state index in [1.54, 1.807) is 19.3 Å². The maximum absolute atomic E-state index is 12.1. The summed E-state index contributed by atoms with van der Waals surface area (Å²) in [5.41, 5.74) is 2.84. The molecule has 1 aromatic carbocycles. The lowest BCUT2D eigenvalue weighted by molar-refractivity contribution is 0.0963. The number of carbonyl (C=O) groups is 1. The molecule has 1 aliphatic rings. The summed E-state index contributed by atoms with van der Waals surface area (Å²) in [5.74, 6) is 0.649. The minimum absolute atomic E-state index is 0.105. The van der Waals surface area contributed by atoms with E-state index in [4.69, 9.17) is 0 Å². The lowest BCUT2D eigenvalue weighted by Gasteiger charge is -2.33. The maximum atomic E-state index is 12.1. The van der Waals surface area contributed by atoms with Gasteiger partial charge in [-0.2, -0.15) is 0 Å². The minimum atomic E-state index is -0.105. The van der Waals surface area contributed by atoms with Crippen LogP contribution in [-0.2, 0) is 6.42 Å². The molecule has 0 unspecified atom stereocenters. The average Bonchev–Trinajstić information content (AvgIpc) is 3.22. The molecule has 2 aromatic heterocycles. The van der Waals surface area contributed by atoms with E-state index in [0.717, 1.165) is 43.9 Å². The smallest absolute Gasteiger partial charge is 0.254 e. The molecule has 0 radical (unpaired) electrons. The molecule has 0 atom stereocenters. The number of benzene rings is 1. The monoisotopic (exact) mass is 376 g/mol. The number of piperidine rings is 1. The number of amides is 1. The molecule has 1 saturated heterocycles. The third-order valence-corrected chi connectivity index (χ3v) is 5.18. The third kappa shape index (κ3) is 3.88. The number of hydrogen-bond acceptors (Lipinski definition) is 5. The van der Waals surface area contributed by atoms with Crippen LogP contribution in [-0.4, -0.2) is 46.0 Å². The maximum Gasteiger partial charge on any atom is 0.254 e. The van der Waals surface area contributed by atoms with Crippen LogP contribution in [0.4, 0.5) is 5.82 Å². The van der Waals surface area contributed by atoms with E-state index >= 15 is 0 Å². The molecule has 1 fully saturated rings. The Morgan fingerprint density at radius 3 is 2.68 bits per heavy atom. The van der Waals surface area contributed by atoms with Crippen LogP contribution in [0.5, 0.6) is 0 Å². The Bertz CT molecular complexity index is 931. The lowest BCUT2D eigenvalue weighted by atomic mass is 10.0. The Kier molecular flexibility index (Phi) is 5.32. The number of carbonyl (C=O) groups excluding carboxylic acids is 1. The number of nitrogens with one attached hydrogen (secondary N) is 1. The van der Waals surface area contributed by atoms with E-state index in [1.165, 1.54) is 5.56 Å². The van der Waals surface area contributed by atoms with Gasteiger partial charge in [0.2, 0.25) is 0 Å². The molecule has 1 amide bonds. The van der Waals surface area contributed by atoms with Gasteiger partial charge in [-0.1, -0.05) is 35.5 Å². The van der Waals surface area contributed by atoms with Crippen LogP contribution in [0.1, 0.15) is 40.5 Å². The number of pyridine rings is 1. The van der Waals surface area contributed by atoms with E-state index in [9.17, 15) is 4.79 Å². The molecule has 28 heavy (non-hydrogen) atoms. The van der Waals surface area contributed by atoms with Crippen molar-refractivity contribution in [2.24, 2.45) is 0 Å². The molecule has 4 rings (SSSR count). The first-order valence-electron chi connectivity index (χ1n) is 9.61. The van der Waals surface area contributed by atoms with Crippen LogP contribution in [0.3, 0.4) is 0 Å². The summed E-state index contributed by atoms with van der Waals surface area (Å²) in [6.45, 7) is 1.67. The van der Waals surface area contributed by atoms with Crippen molar-refractivity contribution in [3.63, 3.8) is 0 Å². The molecular formula is C21H24N6O. The van der Waals surface area contributed by atoms with Gasteiger partial charge in [-0.15, -0.1) is 5.10 Å². The van der Waals surface area contributed by atoms with Crippen LogP contribution in [0.25, 0.3) is 0 Å². The topological polar surface area (TPSA) is 75.9 Å². The van der Waals surface area contributed by atoms with Crippen LogP contribution in [0, 0.1) is 0 Å². The first-order valence-corrected chi connectivity index (χ1v) is 9.61. The van der Waals surface area contributed by atoms with Gasteiger partial charge in [-0.05, 0) is 30.5 Å². The second-order valence-corrected chi connectivity index (χ2v) is 7.02. The van der Waals surface area contributed by atoms with Crippen LogP contribution < -0.4 is 10.2 Å². The highest BCUT2D eigenvalue weighted by Gasteiger charge is 2.25. The highest BCUT2D eigenvalue weighted by molar-refractivity contribution is 5.98. The van der Waals surface area contributed by atoms with Gasteiger partial charge in [0, 0.05) is 39.0 Å². The normalized spacial score (nSPS) is 14.8. The van der Waals surface area contributed by atoms with Crippen molar-refractivity contribution in [1.29, 1.82) is 0 Å². The van der Waals surface area contributed by atoms with Crippen molar-refractivity contribution in [2.75, 3.05) is 25.0 Å². The van der Waals surface area contributed by atoms with Crippen molar-refractivity contribution < 1.29 is 4.79 Å². The van der Waals surface area contributed by atoms with Crippen molar-refractivity contribution in [3.8, 4) is 0 Å². The fraction of sp³-hybridized carbons (Fsp3) is 0.333. The van der Waals surface area contributed by atoms with Crippen molar-refractivity contribution in [2.45, 2.75) is 25.3 Å². The Morgan fingerprint density at radius 2 is 1.93 bits per heavy atom. The number of hydrogen-bond donors (Lipinski definition) is 1. The van der Waals surface area contributed by atoms with E-state index < -0.39 is 0 Å². The number of aromatic nitrogens is 4. The Morgan fingerprint density at radius 1 is 1.14 bits per heavy atom. The Balaban J connectivity index is 1.41. The summed E-state index contributed by atoms with van der Waals surface area (Å²) < 4.78 is 1.99. The molecule has 0 aliphatic carbocycles. The molecule has 0 spiro atoms. The SMILES string of the molecule is CNC(=O)c1cccnc1N1CCC(n2cc(Cc3ccccc3)nn2)CC1. The summed E-state index contributed by atoms with van der Waals surface area (Å²) in [6, 6.07) is 14.2. The minimum Gasteiger partial charge on any atom is -0.356 e. The summed E-state index contributed by atoms with van der Waals surface area (Å²) in [6.07, 6.45) is 6.48. The second kappa shape index (κ2) is 8.21. The zero-order valence-corrected chi connectivity index (χ0v) is 16.0.